The average Bonchev–Trinajstić information content (AvgIpc) is 3.32. The molecule has 184 valence electrons. The van der Waals surface area contributed by atoms with E-state index in [2.05, 4.69) is 15.1 Å². The molecular formula is C19H27F3N6O5. The van der Waals surface area contributed by atoms with Crippen molar-refractivity contribution in [2.45, 2.75) is 69.9 Å². The van der Waals surface area contributed by atoms with E-state index in [1.165, 1.54) is 0 Å². The minimum atomic E-state index is -4.53. The highest BCUT2D eigenvalue weighted by atomic mass is 19.4. The molecule has 33 heavy (non-hydrogen) atoms. The van der Waals surface area contributed by atoms with Gasteiger partial charge in [-0.2, -0.15) is 13.2 Å². The summed E-state index contributed by atoms with van der Waals surface area (Å²) in [6, 6.07) is 0.0970. The monoisotopic (exact) mass is 476 g/mol. The van der Waals surface area contributed by atoms with Gasteiger partial charge >= 0.3 is 6.18 Å². The number of aromatic nitrogens is 3. The Morgan fingerprint density at radius 2 is 1.85 bits per heavy atom. The Morgan fingerprint density at radius 3 is 2.36 bits per heavy atom. The predicted molar refractivity (Wildman–Crippen MR) is 106 cm³/mol. The molecule has 0 spiro atoms. The first-order chi connectivity index (χ1) is 15.5. The first kappa shape index (κ1) is 24.9. The highest BCUT2D eigenvalue weighted by Crippen LogP contribution is 2.40. The second-order valence-electron chi connectivity index (χ2n) is 8.79. The number of rotatable bonds is 4. The Morgan fingerprint density at radius 1 is 1.21 bits per heavy atom. The largest absolute Gasteiger partial charge is 0.483 e. The van der Waals surface area contributed by atoms with E-state index in [4.69, 9.17) is 9.90 Å². The molecule has 11 nitrogen and oxygen atoms in total. The molecule has 1 aromatic rings. The van der Waals surface area contributed by atoms with Gasteiger partial charge in [-0.1, -0.05) is 6.92 Å². The smallest absolute Gasteiger partial charge is 0.451 e. The third-order valence-electron chi connectivity index (χ3n) is 6.91. The van der Waals surface area contributed by atoms with Gasteiger partial charge in [-0.25, -0.2) is 0 Å². The Bertz CT molecular complexity index is 884. The Balaban J connectivity index is 0.000000968. The molecule has 1 aromatic heterocycles. The van der Waals surface area contributed by atoms with Crippen molar-refractivity contribution in [3.8, 4) is 0 Å². The van der Waals surface area contributed by atoms with Crippen LogP contribution in [0.1, 0.15) is 50.7 Å². The van der Waals surface area contributed by atoms with Crippen molar-refractivity contribution in [2.75, 3.05) is 19.6 Å². The van der Waals surface area contributed by atoms with Gasteiger partial charge < -0.3 is 14.6 Å². The fraction of sp³-hybridized carbons (Fsp3) is 0.789. The van der Waals surface area contributed by atoms with E-state index in [1.54, 1.807) is 4.90 Å². The maximum atomic E-state index is 13.0. The van der Waals surface area contributed by atoms with Gasteiger partial charge in [0.1, 0.15) is 11.4 Å². The van der Waals surface area contributed by atoms with Gasteiger partial charge in [0.25, 0.3) is 6.47 Å². The van der Waals surface area contributed by atoms with Crippen LogP contribution in [0, 0.1) is 16.0 Å². The standard InChI is InChI=1S/C18H25F3N6O3.CH2O2/c1-12-4-7-26(15(12)28)17(11-27(29)30)5-2-13(3-6-17)24-8-9-25-14(10-24)22-23-16(25)18(19,20)21;2-1-3/h12-13H,2-11H2,1H3;1H,(H,2,3). The second-order valence-corrected chi connectivity index (χ2v) is 8.79. The first-order valence-corrected chi connectivity index (χ1v) is 10.8. The van der Waals surface area contributed by atoms with Gasteiger partial charge in [-0.3, -0.25) is 24.6 Å². The zero-order valence-corrected chi connectivity index (χ0v) is 18.2. The number of carboxylic acid groups (broad SMARTS) is 1. The van der Waals surface area contributed by atoms with Crippen molar-refractivity contribution < 1.29 is 32.8 Å². The summed E-state index contributed by atoms with van der Waals surface area (Å²) in [7, 11) is 0. The van der Waals surface area contributed by atoms with Crippen molar-refractivity contribution in [1.82, 2.24) is 24.6 Å². The quantitative estimate of drug-likeness (QED) is 0.394. The number of nitrogens with zero attached hydrogens (tertiary/aromatic N) is 6. The molecule has 0 radical (unpaired) electrons. The number of nitro groups is 1. The Labute approximate surface area is 187 Å². The molecule has 1 unspecified atom stereocenters. The average molecular weight is 476 g/mol. The summed E-state index contributed by atoms with van der Waals surface area (Å²) in [6.07, 6.45) is -1.45. The summed E-state index contributed by atoms with van der Waals surface area (Å²) in [4.78, 5) is 35.8. The summed E-state index contributed by atoms with van der Waals surface area (Å²) >= 11 is 0. The molecule has 1 aliphatic carbocycles. The summed E-state index contributed by atoms with van der Waals surface area (Å²) in [6.45, 7) is 2.77. The van der Waals surface area contributed by atoms with Crippen molar-refractivity contribution >= 4 is 12.4 Å². The van der Waals surface area contributed by atoms with E-state index in [-0.39, 0.29) is 48.9 Å². The molecule has 14 heteroatoms. The van der Waals surface area contributed by atoms with E-state index in [0.29, 0.717) is 51.0 Å². The van der Waals surface area contributed by atoms with E-state index < -0.39 is 17.5 Å². The highest BCUT2D eigenvalue weighted by molar-refractivity contribution is 5.81. The fourth-order valence-corrected chi connectivity index (χ4v) is 5.25. The van der Waals surface area contributed by atoms with Crippen LogP contribution in [0.2, 0.25) is 0 Å². The van der Waals surface area contributed by atoms with E-state index in [0.717, 1.165) is 4.57 Å². The molecule has 2 fully saturated rings. The molecule has 0 aromatic carbocycles. The zero-order chi connectivity index (χ0) is 24.4. The van der Waals surface area contributed by atoms with Gasteiger partial charge in [0.2, 0.25) is 18.3 Å². The number of carbonyl (C=O) groups excluding carboxylic acids is 1. The predicted octanol–water partition coefficient (Wildman–Crippen LogP) is 1.64. The minimum absolute atomic E-state index is 0.0129. The van der Waals surface area contributed by atoms with Crippen LogP contribution in [0.4, 0.5) is 13.2 Å². The maximum Gasteiger partial charge on any atom is 0.451 e. The Kier molecular flexibility index (Phi) is 7.24. The number of hydrogen-bond acceptors (Lipinski definition) is 7. The summed E-state index contributed by atoms with van der Waals surface area (Å²) < 4.78 is 40.2. The molecule has 4 rings (SSSR count). The molecule has 1 atom stereocenters. The molecule has 1 saturated carbocycles. The molecule has 1 N–H and O–H groups in total. The molecule has 2 aliphatic heterocycles. The third-order valence-corrected chi connectivity index (χ3v) is 6.91. The molecule has 1 saturated heterocycles. The van der Waals surface area contributed by atoms with Crippen molar-refractivity contribution in [3.05, 3.63) is 21.8 Å². The lowest BCUT2D eigenvalue weighted by molar-refractivity contribution is -0.496. The number of alkyl halides is 3. The number of amides is 1. The zero-order valence-electron chi connectivity index (χ0n) is 18.2. The number of likely N-dealkylation sites (tertiary alicyclic amines) is 1. The second kappa shape index (κ2) is 9.61. The number of halogens is 3. The van der Waals surface area contributed by atoms with Crippen LogP contribution in [0.5, 0.6) is 0 Å². The fourth-order valence-electron chi connectivity index (χ4n) is 5.25. The van der Waals surface area contributed by atoms with Gasteiger partial charge in [-0.15, -0.1) is 10.2 Å². The lowest BCUT2D eigenvalue weighted by Gasteiger charge is -2.46. The van der Waals surface area contributed by atoms with Crippen LogP contribution in [-0.2, 0) is 28.9 Å². The van der Waals surface area contributed by atoms with Crippen LogP contribution < -0.4 is 0 Å². The molecule has 0 bridgehead atoms. The van der Waals surface area contributed by atoms with Crippen LogP contribution >= 0.6 is 0 Å². The van der Waals surface area contributed by atoms with Crippen LogP contribution in [-0.4, -0.2) is 78.2 Å². The lowest BCUT2D eigenvalue weighted by Crippen LogP contribution is -2.58. The van der Waals surface area contributed by atoms with Gasteiger partial charge in [-0.05, 0) is 32.1 Å². The third kappa shape index (κ3) is 5.09. The van der Waals surface area contributed by atoms with Crippen LogP contribution in [0.15, 0.2) is 0 Å². The summed E-state index contributed by atoms with van der Waals surface area (Å²) in [5.74, 6) is -0.796. The number of fused-ring (bicyclic) bond motifs is 1. The highest BCUT2D eigenvalue weighted by Gasteiger charge is 2.50. The normalized spacial score (nSPS) is 28.1. The van der Waals surface area contributed by atoms with Gasteiger partial charge in [0, 0.05) is 36.5 Å². The topological polar surface area (TPSA) is 135 Å². The number of hydrogen-bond donors (Lipinski definition) is 1. The van der Waals surface area contributed by atoms with Gasteiger partial charge in [0.15, 0.2) is 0 Å². The minimum Gasteiger partial charge on any atom is -0.483 e. The molecule has 1 amide bonds. The SMILES string of the molecule is CC1CCN(C2(C[N+](=O)[O-])CCC(N3CCn4c(nnc4C(F)(F)F)C3)CC2)C1=O.O=CO. The van der Waals surface area contributed by atoms with Crippen LogP contribution in [0.25, 0.3) is 0 Å². The van der Waals surface area contributed by atoms with E-state index in [9.17, 15) is 28.1 Å². The van der Waals surface area contributed by atoms with E-state index in [1.807, 2.05) is 6.92 Å². The molecule has 3 aliphatic rings. The summed E-state index contributed by atoms with van der Waals surface area (Å²) in [5, 5.41) is 25.3. The maximum absolute atomic E-state index is 13.0. The number of carbonyl (C=O) groups is 2. The van der Waals surface area contributed by atoms with Crippen molar-refractivity contribution in [3.63, 3.8) is 0 Å². The lowest BCUT2D eigenvalue weighted by atomic mass is 9.77. The van der Waals surface area contributed by atoms with Gasteiger partial charge in [0.05, 0.1) is 6.54 Å². The van der Waals surface area contributed by atoms with E-state index >= 15 is 0 Å². The van der Waals surface area contributed by atoms with Crippen molar-refractivity contribution in [1.29, 1.82) is 0 Å². The van der Waals surface area contributed by atoms with Crippen LogP contribution in [0.3, 0.4) is 0 Å². The molecule has 3 heterocycles. The summed E-state index contributed by atoms with van der Waals surface area (Å²) in [5.41, 5.74) is -0.763. The molecular weight excluding hydrogens is 449 g/mol. The van der Waals surface area contributed by atoms with Crippen molar-refractivity contribution in [2.24, 2.45) is 5.92 Å². The first-order valence-electron chi connectivity index (χ1n) is 10.8. The Hall–Kier alpha value is -2.77.